The third kappa shape index (κ3) is 3.33. The lowest BCUT2D eigenvalue weighted by Crippen LogP contribution is -2.45. The zero-order chi connectivity index (χ0) is 18.0. The standard InChI is InChI=1S/C15H14F4N4O/c1-23-7-6-22-13(23)14(24,15(17,18)19)4-5-21-12-3-2-10(9-20)8-11(12)16/h2-3,6-8,21,24H,4-5H2,1H3/t14-/m1/s1. The predicted octanol–water partition coefficient (Wildman–Crippen LogP) is 2.68. The molecule has 1 atom stereocenters. The molecule has 0 amide bonds. The average molecular weight is 342 g/mol. The van der Waals surface area contributed by atoms with E-state index in [9.17, 15) is 22.7 Å². The van der Waals surface area contributed by atoms with Crippen LogP contribution in [0.25, 0.3) is 0 Å². The summed E-state index contributed by atoms with van der Waals surface area (Å²) in [6.45, 7) is -0.355. The molecule has 2 N–H and O–H groups in total. The van der Waals surface area contributed by atoms with Crippen LogP contribution < -0.4 is 5.32 Å². The molecule has 0 spiro atoms. The van der Waals surface area contributed by atoms with Gasteiger partial charge in [0.05, 0.1) is 17.3 Å². The fourth-order valence-corrected chi connectivity index (χ4v) is 2.25. The number of anilines is 1. The number of aliphatic hydroxyl groups is 1. The van der Waals surface area contributed by atoms with Gasteiger partial charge in [-0.2, -0.15) is 18.4 Å². The van der Waals surface area contributed by atoms with Crippen LogP contribution in [0.5, 0.6) is 0 Å². The van der Waals surface area contributed by atoms with Crippen molar-refractivity contribution >= 4 is 5.69 Å². The molecule has 0 aliphatic carbocycles. The minimum Gasteiger partial charge on any atom is -0.383 e. The summed E-state index contributed by atoms with van der Waals surface area (Å²) in [7, 11) is 1.34. The number of aromatic nitrogens is 2. The van der Waals surface area contributed by atoms with Crippen molar-refractivity contribution in [2.75, 3.05) is 11.9 Å². The van der Waals surface area contributed by atoms with Crippen molar-refractivity contribution in [3.8, 4) is 6.07 Å². The van der Waals surface area contributed by atoms with Crippen molar-refractivity contribution in [1.82, 2.24) is 9.55 Å². The fourth-order valence-electron chi connectivity index (χ4n) is 2.25. The van der Waals surface area contributed by atoms with Crippen LogP contribution in [0.3, 0.4) is 0 Å². The van der Waals surface area contributed by atoms with Gasteiger partial charge in [0.1, 0.15) is 11.6 Å². The molecule has 0 radical (unpaired) electrons. The van der Waals surface area contributed by atoms with Crippen molar-refractivity contribution in [3.05, 3.63) is 47.8 Å². The molecule has 0 fully saturated rings. The molecule has 0 saturated carbocycles. The second kappa shape index (κ2) is 6.49. The van der Waals surface area contributed by atoms with Crippen LogP contribution in [0.15, 0.2) is 30.6 Å². The van der Waals surface area contributed by atoms with Gasteiger partial charge in [-0.3, -0.25) is 0 Å². The average Bonchev–Trinajstić information content (AvgIpc) is 2.94. The van der Waals surface area contributed by atoms with E-state index >= 15 is 0 Å². The Morgan fingerprint density at radius 3 is 2.58 bits per heavy atom. The van der Waals surface area contributed by atoms with E-state index in [1.807, 2.05) is 0 Å². The molecular formula is C15H14F4N4O. The van der Waals surface area contributed by atoms with E-state index < -0.39 is 29.8 Å². The van der Waals surface area contributed by atoms with Gasteiger partial charge in [0.15, 0.2) is 0 Å². The van der Waals surface area contributed by atoms with Gasteiger partial charge in [0.2, 0.25) is 5.60 Å². The van der Waals surface area contributed by atoms with Crippen molar-refractivity contribution in [1.29, 1.82) is 5.26 Å². The van der Waals surface area contributed by atoms with Crippen LogP contribution in [-0.2, 0) is 12.6 Å². The smallest absolute Gasteiger partial charge is 0.383 e. The quantitative estimate of drug-likeness (QED) is 0.820. The second-order valence-corrected chi connectivity index (χ2v) is 5.20. The molecule has 9 heteroatoms. The summed E-state index contributed by atoms with van der Waals surface area (Å²) >= 11 is 0. The van der Waals surface area contributed by atoms with E-state index in [0.29, 0.717) is 0 Å². The molecule has 0 aliphatic rings. The number of nitrogens with zero attached hydrogens (tertiary/aromatic N) is 3. The third-order valence-corrected chi connectivity index (χ3v) is 3.56. The van der Waals surface area contributed by atoms with Crippen molar-refractivity contribution in [3.63, 3.8) is 0 Å². The maximum atomic E-state index is 13.7. The summed E-state index contributed by atoms with van der Waals surface area (Å²) in [5.41, 5.74) is -3.13. The van der Waals surface area contributed by atoms with Crippen molar-refractivity contribution < 1.29 is 22.7 Å². The zero-order valence-corrected chi connectivity index (χ0v) is 12.6. The van der Waals surface area contributed by atoms with E-state index in [4.69, 9.17) is 5.26 Å². The maximum Gasteiger partial charge on any atom is 0.424 e. The topological polar surface area (TPSA) is 73.9 Å². The van der Waals surface area contributed by atoms with E-state index in [2.05, 4.69) is 10.3 Å². The maximum absolute atomic E-state index is 13.7. The molecule has 1 aromatic heterocycles. The lowest BCUT2D eigenvalue weighted by molar-refractivity contribution is -0.271. The molecule has 2 rings (SSSR count). The predicted molar refractivity (Wildman–Crippen MR) is 77.4 cm³/mol. The van der Waals surface area contributed by atoms with E-state index in [1.54, 1.807) is 6.07 Å². The molecular weight excluding hydrogens is 328 g/mol. The summed E-state index contributed by atoms with van der Waals surface area (Å²) in [6, 6.07) is 5.31. The van der Waals surface area contributed by atoms with Crippen LogP contribution in [0, 0.1) is 17.1 Å². The highest BCUT2D eigenvalue weighted by Gasteiger charge is 2.57. The SMILES string of the molecule is Cn1ccnc1[C@](O)(CCNc1ccc(C#N)cc1F)C(F)(F)F. The van der Waals surface area contributed by atoms with Crippen LogP contribution in [0.2, 0.25) is 0 Å². The lowest BCUT2D eigenvalue weighted by Gasteiger charge is -2.30. The first-order valence-electron chi connectivity index (χ1n) is 6.89. The molecule has 0 aliphatic heterocycles. The molecule has 0 saturated heterocycles. The summed E-state index contributed by atoms with van der Waals surface area (Å²) in [6.07, 6.45) is -3.27. The molecule has 0 unspecified atom stereocenters. The Morgan fingerprint density at radius 2 is 2.08 bits per heavy atom. The van der Waals surface area contributed by atoms with Crippen molar-refractivity contribution in [2.24, 2.45) is 7.05 Å². The van der Waals surface area contributed by atoms with Gasteiger partial charge in [-0.15, -0.1) is 0 Å². The minimum atomic E-state index is -4.95. The number of hydrogen-bond acceptors (Lipinski definition) is 4. The minimum absolute atomic E-state index is 0.0571. The van der Waals surface area contributed by atoms with Crippen LogP contribution in [0.4, 0.5) is 23.2 Å². The third-order valence-electron chi connectivity index (χ3n) is 3.56. The molecule has 2 aromatic rings. The van der Waals surface area contributed by atoms with Crippen LogP contribution in [-0.4, -0.2) is 27.4 Å². The molecule has 1 aromatic carbocycles. The highest BCUT2D eigenvalue weighted by atomic mass is 19.4. The molecule has 1 heterocycles. The lowest BCUT2D eigenvalue weighted by atomic mass is 9.97. The van der Waals surface area contributed by atoms with Gasteiger partial charge in [-0.1, -0.05) is 0 Å². The Bertz CT molecular complexity index is 766. The highest BCUT2D eigenvalue weighted by Crippen LogP contribution is 2.40. The van der Waals surface area contributed by atoms with Crippen LogP contribution in [0.1, 0.15) is 17.8 Å². The highest BCUT2D eigenvalue weighted by molar-refractivity contribution is 5.48. The van der Waals surface area contributed by atoms with E-state index in [1.165, 1.54) is 25.4 Å². The number of rotatable bonds is 5. The number of aryl methyl sites for hydroxylation is 1. The number of benzene rings is 1. The van der Waals surface area contributed by atoms with Gasteiger partial charge < -0.3 is 15.0 Å². The van der Waals surface area contributed by atoms with Crippen LogP contribution >= 0.6 is 0 Å². The summed E-state index contributed by atoms with van der Waals surface area (Å²) < 4.78 is 54.7. The molecule has 24 heavy (non-hydrogen) atoms. The van der Waals surface area contributed by atoms with E-state index in [0.717, 1.165) is 16.8 Å². The molecule has 5 nitrogen and oxygen atoms in total. The van der Waals surface area contributed by atoms with Gasteiger partial charge >= 0.3 is 6.18 Å². The number of hydrogen-bond donors (Lipinski definition) is 2. The normalized spacial score (nSPS) is 14.0. The Kier molecular flexibility index (Phi) is 4.80. The van der Waals surface area contributed by atoms with Gasteiger partial charge in [0, 0.05) is 32.4 Å². The summed E-state index contributed by atoms with van der Waals surface area (Å²) in [4.78, 5) is 3.58. The number of imidazole rings is 1. The van der Waals surface area contributed by atoms with E-state index in [-0.39, 0.29) is 17.8 Å². The Labute approximate surface area is 135 Å². The largest absolute Gasteiger partial charge is 0.424 e. The number of alkyl halides is 3. The monoisotopic (exact) mass is 342 g/mol. The number of nitriles is 1. The Hall–Kier alpha value is -2.60. The summed E-state index contributed by atoms with van der Waals surface area (Å²) in [5, 5.41) is 21.3. The number of nitrogens with one attached hydrogen (secondary N) is 1. The first-order chi connectivity index (χ1) is 11.2. The summed E-state index contributed by atoms with van der Waals surface area (Å²) in [5.74, 6) is -1.31. The van der Waals surface area contributed by atoms with Gasteiger partial charge in [-0.05, 0) is 18.2 Å². The Morgan fingerprint density at radius 1 is 1.38 bits per heavy atom. The zero-order valence-electron chi connectivity index (χ0n) is 12.6. The first kappa shape index (κ1) is 17.7. The Balaban J connectivity index is 2.16. The molecule has 0 bridgehead atoms. The second-order valence-electron chi connectivity index (χ2n) is 5.20. The first-order valence-corrected chi connectivity index (χ1v) is 6.89. The van der Waals surface area contributed by atoms with Crippen molar-refractivity contribution in [2.45, 2.75) is 18.2 Å². The number of halogens is 4. The fraction of sp³-hybridized carbons (Fsp3) is 0.333. The van der Waals surface area contributed by atoms with Gasteiger partial charge in [-0.25, -0.2) is 9.37 Å². The van der Waals surface area contributed by atoms with Gasteiger partial charge in [0.25, 0.3) is 0 Å². The molecule has 128 valence electrons.